The molecule has 0 unspecified atom stereocenters. The highest BCUT2D eigenvalue weighted by Crippen LogP contribution is 2.30. The van der Waals surface area contributed by atoms with Crippen molar-refractivity contribution in [3.63, 3.8) is 0 Å². The van der Waals surface area contributed by atoms with Gasteiger partial charge in [-0.05, 0) is 42.3 Å². The second-order valence-corrected chi connectivity index (χ2v) is 4.83. The van der Waals surface area contributed by atoms with Crippen LogP contribution in [0.15, 0.2) is 36.4 Å². The van der Waals surface area contributed by atoms with Crippen LogP contribution in [0.5, 0.6) is 0 Å². The molecule has 0 radical (unpaired) electrons. The Balaban J connectivity index is 2.44. The predicted octanol–water partition coefficient (Wildman–Crippen LogP) is 4.19. The van der Waals surface area contributed by atoms with E-state index in [9.17, 15) is 0 Å². The number of fused-ring (bicyclic) bond motifs is 2. The maximum Gasteiger partial charge on any atom is 0.0745 e. The molecular weight excluding hydrogens is 244 g/mol. The number of pyridine rings is 1. The molecule has 18 heavy (non-hydrogen) atoms. The molecule has 1 heterocycles. The van der Waals surface area contributed by atoms with Crippen molar-refractivity contribution in [2.75, 3.05) is 5.73 Å². The van der Waals surface area contributed by atoms with Gasteiger partial charge >= 0.3 is 0 Å². The first kappa shape index (κ1) is 11.3. The average Bonchev–Trinajstić information content (AvgIpc) is 2.38. The summed E-state index contributed by atoms with van der Waals surface area (Å²) in [6.07, 6.45) is 0.994. The van der Waals surface area contributed by atoms with Gasteiger partial charge in [0.15, 0.2) is 0 Å². The number of anilines is 1. The number of nitrogen functional groups attached to an aromatic ring is 1. The predicted molar refractivity (Wildman–Crippen MR) is 78.0 cm³/mol. The number of aromatic nitrogens is 1. The van der Waals surface area contributed by atoms with Crippen molar-refractivity contribution < 1.29 is 0 Å². The van der Waals surface area contributed by atoms with Crippen LogP contribution in [0.3, 0.4) is 0 Å². The summed E-state index contributed by atoms with van der Waals surface area (Å²) in [7, 11) is 0. The fourth-order valence-corrected chi connectivity index (χ4v) is 2.38. The molecule has 0 aliphatic heterocycles. The van der Waals surface area contributed by atoms with Crippen LogP contribution in [0.2, 0.25) is 5.02 Å². The van der Waals surface area contributed by atoms with Gasteiger partial charge in [-0.15, -0.1) is 0 Å². The molecule has 90 valence electrons. The highest BCUT2D eigenvalue weighted by atomic mass is 35.5. The Morgan fingerprint density at radius 3 is 2.67 bits per heavy atom. The molecule has 3 heteroatoms. The zero-order valence-electron chi connectivity index (χ0n) is 10.1. The minimum absolute atomic E-state index is 0.680. The van der Waals surface area contributed by atoms with Crippen LogP contribution in [0.25, 0.3) is 21.8 Å². The average molecular weight is 257 g/mol. The van der Waals surface area contributed by atoms with E-state index in [-0.39, 0.29) is 0 Å². The molecule has 0 saturated carbocycles. The van der Waals surface area contributed by atoms with E-state index < -0.39 is 0 Å². The Kier molecular flexibility index (Phi) is 2.60. The summed E-state index contributed by atoms with van der Waals surface area (Å²) in [5.41, 5.74) is 10.1. The molecule has 0 amide bonds. The minimum atomic E-state index is 0.680. The fourth-order valence-electron chi connectivity index (χ4n) is 2.22. The maximum atomic E-state index is 6.25. The van der Waals surface area contributed by atoms with E-state index in [1.807, 2.05) is 24.3 Å². The van der Waals surface area contributed by atoms with Crippen molar-refractivity contribution in [2.45, 2.75) is 13.3 Å². The molecule has 0 aliphatic rings. The minimum Gasteiger partial charge on any atom is -0.398 e. The first-order chi connectivity index (χ1) is 8.69. The van der Waals surface area contributed by atoms with Gasteiger partial charge in [0.1, 0.15) is 0 Å². The van der Waals surface area contributed by atoms with Crippen molar-refractivity contribution in [3.8, 4) is 0 Å². The number of halogens is 1. The summed E-state index contributed by atoms with van der Waals surface area (Å²) in [6.45, 7) is 2.13. The molecule has 0 atom stereocenters. The lowest BCUT2D eigenvalue weighted by atomic mass is 10.0. The number of aryl methyl sites for hydroxylation is 1. The highest BCUT2D eigenvalue weighted by molar-refractivity contribution is 6.31. The molecule has 3 aromatic rings. The largest absolute Gasteiger partial charge is 0.398 e. The molecule has 0 spiro atoms. The van der Waals surface area contributed by atoms with Gasteiger partial charge in [-0.2, -0.15) is 0 Å². The van der Waals surface area contributed by atoms with Gasteiger partial charge in [0, 0.05) is 15.8 Å². The third-order valence-corrected chi connectivity index (χ3v) is 3.49. The van der Waals surface area contributed by atoms with Crippen molar-refractivity contribution in [1.29, 1.82) is 0 Å². The Hall–Kier alpha value is -1.80. The molecular formula is C15H13ClN2. The van der Waals surface area contributed by atoms with E-state index in [0.29, 0.717) is 5.02 Å². The second-order valence-electron chi connectivity index (χ2n) is 4.39. The van der Waals surface area contributed by atoms with E-state index in [2.05, 4.69) is 24.0 Å². The Bertz CT molecular complexity index is 750. The van der Waals surface area contributed by atoms with Crippen molar-refractivity contribution in [1.82, 2.24) is 4.98 Å². The molecule has 1 aromatic heterocycles. The molecule has 2 aromatic carbocycles. The molecule has 0 saturated heterocycles. The number of nitrogens with zero attached hydrogens (tertiary/aromatic N) is 1. The van der Waals surface area contributed by atoms with Gasteiger partial charge in [0.2, 0.25) is 0 Å². The van der Waals surface area contributed by atoms with Crippen molar-refractivity contribution in [3.05, 3.63) is 47.0 Å². The summed E-state index contributed by atoms with van der Waals surface area (Å²) in [6, 6.07) is 11.8. The SMILES string of the molecule is CCc1ccc2nc3cc(Cl)ccc3c(N)c2c1. The molecule has 0 bridgehead atoms. The van der Waals surface area contributed by atoms with Gasteiger partial charge in [0.05, 0.1) is 16.7 Å². The van der Waals surface area contributed by atoms with E-state index in [1.165, 1.54) is 5.56 Å². The van der Waals surface area contributed by atoms with Crippen LogP contribution < -0.4 is 5.73 Å². The van der Waals surface area contributed by atoms with Crippen molar-refractivity contribution in [2.24, 2.45) is 0 Å². The quantitative estimate of drug-likeness (QED) is 0.663. The molecule has 3 rings (SSSR count). The number of nitrogens with two attached hydrogens (primary N) is 1. The summed E-state index contributed by atoms with van der Waals surface area (Å²) in [5, 5.41) is 2.66. The summed E-state index contributed by atoms with van der Waals surface area (Å²) in [5.74, 6) is 0. The smallest absolute Gasteiger partial charge is 0.0745 e. The Morgan fingerprint density at radius 2 is 1.89 bits per heavy atom. The lowest BCUT2D eigenvalue weighted by molar-refractivity contribution is 1.15. The Labute approximate surface area is 110 Å². The van der Waals surface area contributed by atoms with Crippen LogP contribution in [0, 0.1) is 0 Å². The number of hydrogen-bond donors (Lipinski definition) is 1. The normalized spacial score (nSPS) is 11.2. The number of hydrogen-bond acceptors (Lipinski definition) is 2. The first-order valence-corrected chi connectivity index (χ1v) is 6.34. The van der Waals surface area contributed by atoms with Gasteiger partial charge in [-0.1, -0.05) is 24.6 Å². The monoisotopic (exact) mass is 256 g/mol. The van der Waals surface area contributed by atoms with Gasteiger partial charge in [-0.3, -0.25) is 0 Å². The van der Waals surface area contributed by atoms with Crippen LogP contribution in [0.1, 0.15) is 12.5 Å². The van der Waals surface area contributed by atoms with Crippen LogP contribution in [0.4, 0.5) is 5.69 Å². The standard InChI is InChI=1S/C15H13ClN2/c1-2-9-3-6-13-12(7-9)15(17)11-5-4-10(16)8-14(11)18-13/h3-8H,2H2,1H3,(H2,17,18). The third-order valence-electron chi connectivity index (χ3n) is 3.25. The van der Waals surface area contributed by atoms with E-state index >= 15 is 0 Å². The van der Waals surface area contributed by atoms with E-state index in [0.717, 1.165) is 33.9 Å². The molecule has 0 fully saturated rings. The summed E-state index contributed by atoms with van der Waals surface area (Å²) < 4.78 is 0. The van der Waals surface area contributed by atoms with E-state index in [1.54, 1.807) is 0 Å². The number of rotatable bonds is 1. The second kappa shape index (κ2) is 4.14. The zero-order chi connectivity index (χ0) is 12.7. The molecule has 2 N–H and O–H groups in total. The third kappa shape index (κ3) is 1.70. The highest BCUT2D eigenvalue weighted by Gasteiger charge is 2.07. The Morgan fingerprint density at radius 1 is 1.06 bits per heavy atom. The fraction of sp³-hybridized carbons (Fsp3) is 0.133. The van der Waals surface area contributed by atoms with Crippen molar-refractivity contribution >= 4 is 39.1 Å². The molecule has 2 nitrogen and oxygen atoms in total. The van der Waals surface area contributed by atoms with E-state index in [4.69, 9.17) is 17.3 Å². The van der Waals surface area contributed by atoms with Crippen LogP contribution >= 0.6 is 11.6 Å². The number of benzene rings is 2. The van der Waals surface area contributed by atoms with Crippen LogP contribution in [-0.2, 0) is 6.42 Å². The molecule has 0 aliphatic carbocycles. The topological polar surface area (TPSA) is 38.9 Å². The lowest BCUT2D eigenvalue weighted by Crippen LogP contribution is -1.93. The van der Waals surface area contributed by atoms with Gasteiger partial charge < -0.3 is 5.73 Å². The lowest BCUT2D eigenvalue weighted by Gasteiger charge is -2.08. The van der Waals surface area contributed by atoms with Gasteiger partial charge in [0.25, 0.3) is 0 Å². The summed E-state index contributed by atoms with van der Waals surface area (Å²) >= 11 is 5.99. The van der Waals surface area contributed by atoms with Gasteiger partial charge in [-0.25, -0.2) is 4.98 Å². The summed E-state index contributed by atoms with van der Waals surface area (Å²) in [4.78, 5) is 4.61. The maximum absolute atomic E-state index is 6.25. The zero-order valence-corrected chi connectivity index (χ0v) is 10.8. The first-order valence-electron chi connectivity index (χ1n) is 5.96. The van der Waals surface area contributed by atoms with Crippen LogP contribution in [-0.4, -0.2) is 4.98 Å².